The van der Waals surface area contributed by atoms with Crippen molar-refractivity contribution in [2.45, 2.75) is 44.7 Å². The zero-order valence-corrected chi connectivity index (χ0v) is 6.77. The van der Waals surface area contributed by atoms with E-state index in [9.17, 15) is 0 Å². The molecule has 2 nitrogen and oxygen atoms in total. The van der Waals surface area contributed by atoms with Crippen LogP contribution in [0.3, 0.4) is 0 Å². The fourth-order valence-electron chi connectivity index (χ4n) is 1.61. The highest BCUT2D eigenvalue weighted by Crippen LogP contribution is 2.16. The minimum atomic E-state index is 0.481. The van der Waals surface area contributed by atoms with Gasteiger partial charge in [0.15, 0.2) is 0 Å². The van der Waals surface area contributed by atoms with Crippen molar-refractivity contribution >= 4 is 0 Å². The molecule has 60 valence electrons. The van der Waals surface area contributed by atoms with Crippen LogP contribution in [0.1, 0.15) is 32.6 Å². The Balaban J connectivity index is 2.13. The first-order chi connectivity index (χ1) is 4.83. The van der Waals surface area contributed by atoms with Gasteiger partial charge in [0.1, 0.15) is 0 Å². The van der Waals surface area contributed by atoms with Gasteiger partial charge < -0.3 is 11.1 Å². The molecule has 0 unspecified atom stereocenters. The largest absolute Gasteiger partial charge is 0.328 e. The van der Waals surface area contributed by atoms with Crippen LogP contribution >= 0.6 is 0 Å². The third kappa shape index (κ3) is 2.27. The molecule has 1 fully saturated rings. The van der Waals surface area contributed by atoms with Crippen molar-refractivity contribution in [3.63, 3.8) is 0 Å². The van der Waals surface area contributed by atoms with E-state index < -0.39 is 0 Å². The van der Waals surface area contributed by atoms with E-state index in [2.05, 4.69) is 12.2 Å². The number of nitrogens with one attached hydrogen (secondary N) is 1. The minimum Gasteiger partial charge on any atom is -0.328 e. The van der Waals surface area contributed by atoms with Gasteiger partial charge in [-0.15, -0.1) is 0 Å². The van der Waals surface area contributed by atoms with Crippen LogP contribution in [0.25, 0.3) is 0 Å². The number of hydrogen-bond donors (Lipinski definition) is 2. The maximum atomic E-state index is 5.77. The molecule has 1 saturated carbocycles. The summed E-state index contributed by atoms with van der Waals surface area (Å²) in [5, 5.41) is 3.45. The smallest absolute Gasteiger partial charge is 0.00681 e. The molecule has 1 aliphatic rings. The van der Waals surface area contributed by atoms with Gasteiger partial charge in [-0.2, -0.15) is 0 Å². The van der Waals surface area contributed by atoms with Crippen molar-refractivity contribution in [3.05, 3.63) is 0 Å². The average molecular weight is 142 g/mol. The van der Waals surface area contributed by atoms with Crippen LogP contribution in [0.2, 0.25) is 0 Å². The molecule has 1 aliphatic carbocycles. The summed E-state index contributed by atoms with van der Waals surface area (Å²) in [6, 6.07) is 1.24. The van der Waals surface area contributed by atoms with E-state index in [0.717, 1.165) is 12.6 Å². The lowest BCUT2D eigenvalue weighted by atomic mass is 9.92. The maximum Gasteiger partial charge on any atom is 0.00681 e. The summed E-state index contributed by atoms with van der Waals surface area (Å²) >= 11 is 0. The van der Waals surface area contributed by atoms with Gasteiger partial charge in [0.05, 0.1) is 0 Å². The zero-order valence-electron chi connectivity index (χ0n) is 6.77. The van der Waals surface area contributed by atoms with Crippen LogP contribution in [-0.2, 0) is 0 Å². The summed E-state index contributed by atoms with van der Waals surface area (Å²) in [4.78, 5) is 0. The molecule has 0 aromatic carbocycles. The van der Waals surface area contributed by atoms with Gasteiger partial charge in [0.25, 0.3) is 0 Å². The molecule has 1 rings (SSSR count). The summed E-state index contributed by atoms with van der Waals surface area (Å²) in [7, 11) is 0. The Bertz CT molecular complexity index is 85.3. The fraction of sp³-hybridized carbons (Fsp3) is 1.00. The second-order valence-electron chi connectivity index (χ2n) is 3.17. The van der Waals surface area contributed by atoms with Crippen LogP contribution in [0, 0.1) is 0 Å². The Kier molecular flexibility index (Phi) is 3.16. The molecular formula is C8H18N2. The van der Waals surface area contributed by atoms with Crippen molar-refractivity contribution in [2.24, 2.45) is 5.73 Å². The lowest BCUT2D eigenvalue weighted by molar-refractivity contribution is 0.348. The number of hydrogen-bond acceptors (Lipinski definition) is 2. The number of nitrogens with two attached hydrogens (primary N) is 1. The quantitative estimate of drug-likeness (QED) is 0.600. The van der Waals surface area contributed by atoms with Crippen molar-refractivity contribution < 1.29 is 0 Å². The predicted octanol–water partition coefficient (Wildman–Crippen LogP) is 0.866. The molecule has 0 amide bonds. The predicted molar refractivity (Wildman–Crippen MR) is 43.9 cm³/mol. The summed E-state index contributed by atoms with van der Waals surface area (Å²) in [6.45, 7) is 3.26. The molecule has 2 heteroatoms. The van der Waals surface area contributed by atoms with Crippen LogP contribution in [0.4, 0.5) is 0 Å². The van der Waals surface area contributed by atoms with Crippen LogP contribution in [0.15, 0.2) is 0 Å². The summed E-state index contributed by atoms with van der Waals surface area (Å²) in [5.74, 6) is 0. The Morgan fingerprint density at radius 2 is 1.90 bits per heavy atom. The topological polar surface area (TPSA) is 38.0 Å². The molecular weight excluding hydrogens is 124 g/mol. The molecule has 0 heterocycles. The van der Waals surface area contributed by atoms with Crippen LogP contribution in [-0.4, -0.2) is 18.6 Å². The van der Waals surface area contributed by atoms with E-state index in [4.69, 9.17) is 5.73 Å². The van der Waals surface area contributed by atoms with Gasteiger partial charge in [-0.3, -0.25) is 0 Å². The van der Waals surface area contributed by atoms with E-state index in [1.165, 1.54) is 25.7 Å². The Labute approximate surface area is 63.2 Å². The van der Waals surface area contributed by atoms with Gasteiger partial charge in [-0.05, 0) is 32.2 Å². The molecule has 0 atom stereocenters. The second kappa shape index (κ2) is 3.94. The highest BCUT2D eigenvalue weighted by molar-refractivity contribution is 4.77. The second-order valence-corrected chi connectivity index (χ2v) is 3.17. The molecule has 0 saturated heterocycles. The fourth-order valence-corrected chi connectivity index (χ4v) is 1.61. The van der Waals surface area contributed by atoms with Gasteiger partial charge in [0.2, 0.25) is 0 Å². The van der Waals surface area contributed by atoms with E-state index in [-0.39, 0.29) is 0 Å². The van der Waals surface area contributed by atoms with Crippen molar-refractivity contribution in [2.75, 3.05) is 6.54 Å². The van der Waals surface area contributed by atoms with E-state index >= 15 is 0 Å². The Morgan fingerprint density at radius 3 is 2.40 bits per heavy atom. The summed E-state index contributed by atoms with van der Waals surface area (Å²) in [5.41, 5.74) is 5.77. The van der Waals surface area contributed by atoms with Crippen molar-refractivity contribution in [1.82, 2.24) is 5.32 Å². The van der Waals surface area contributed by atoms with Crippen molar-refractivity contribution in [1.29, 1.82) is 0 Å². The SMILES string of the molecule is CCN[C@H]1CC[C@@H](N)CC1. The third-order valence-electron chi connectivity index (χ3n) is 2.26. The monoisotopic (exact) mass is 142 g/mol. The first-order valence-corrected chi connectivity index (χ1v) is 4.32. The highest BCUT2D eigenvalue weighted by atomic mass is 14.9. The molecule has 10 heavy (non-hydrogen) atoms. The molecule has 0 aromatic heterocycles. The average Bonchev–Trinajstić information content (AvgIpc) is 1.95. The van der Waals surface area contributed by atoms with Gasteiger partial charge in [-0.25, -0.2) is 0 Å². The van der Waals surface area contributed by atoms with Crippen LogP contribution in [0.5, 0.6) is 0 Å². The molecule has 3 N–H and O–H groups in total. The Hall–Kier alpha value is -0.0800. The van der Waals surface area contributed by atoms with E-state index in [0.29, 0.717) is 6.04 Å². The highest BCUT2D eigenvalue weighted by Gasteiger charge is 2.16. The normalized spacial score (nSPS) is 34.2. The molecule has 0 aliphatic heterocycles. The standard InChI is InChI=1S/C8H18N2/c1-2-10-8-5-3-7(9)4-6-8/h7-8,10H,2-6,9H2,1H3/t7-,8+. The van der Waals surface area contributed by atoms with Gasteiger partial charge in [-0.1, -0.05) is 6.92 Å². The van der Waals surface area contributed by atoms with Crippen LogP contribution < -0.4 is 11.1 Å². The minimum absolute atomic E-state index is 0.481. The number of rotatable bonds is 2. The summed E-state index contributed by atoms with van der Waals surface area (Å²) in [6.07, 6.45) is 4.96. The first-order valence-electron chi connectivity index (χ1n) is 4.32. The zero-order chi connectivity index (χ0) is 7.40. The first kappa shape index (κ1) is 8.02. The maximum absolute atomic E-state index is 5.77. The molecule has 0 spiro atoms. The molecule has 0 bridgehead atoms. The lowest BCUT2D eigenvalue weighted by Gasteiger charge is -2.26. The van der Waals surface area contributed by atoms with Gasteiger partial charge >= 0.3 is 0 Å². The third-order valence-corrected chi connectivity index (χ3v) is 2.26. The molecule has 0 radical (unpaired) electrons. The Morgan fingerprint density at radius 1 is 1.30 bits per heavy atom. The van der Waals surface area contributed by atoms with E-state index in [1.54, 1.807) is 0 Å². The van der Waals surface area contributed by atoms with Gasteiger partial charge in [0, 0.05) is 12.1 Å². The van der Waals surface area contributed by atoms with E-state index in [1.807, 2.05) is 0 Å². The molecule has 0 aromatic rings. The lowest BCUT2D eigenvalue weighted by Crippen LogP contribution is -2.37. The summed E-state index contributed by atoms with van der Waals surface area (Å²) < 4.78 is 0. The van der Waals surface area contributed by atoms with Crippen molar-refractivity contribution in [3.8, 4) is 0 Å².